The van der Waals surface area contributed by atoms with Gasteiger partial charge in [0.2, 0.25) is 19.3 Å². The average molecular weight is 574 g/mol. The number of rotatable bonds is 7. The topological polar surface area (TPSA) is 135 Å². The molecule has 0 bridgehead atoms. The number of aliphatic hydroxyl groups excluding tert-OH is 4. The Kier molecular flexibility index (Phi) is 15.2. The van der Waals surface area contributed by atoms with Gasteiger partial charge in [0.25, 0.3) is 0 Å². The molecule has 0 aromatic heterocycles. The standard InChI is InChI=1S/C9H13BF2O3.2C6H9BF2O3/c1-3-5-6(9(11)12)7(8(10)15-5)14-4(2)13;2*7-5-4(11)3(6(8)9)2(1-10)12-5/h5-9H,3H2,1-2H3;2*2-6,10-11H,1H2/t5-,6-,7-,8-;2*2-,3-,4-,5-/m111/s1. The van der Waals surface area contributed by atoms with Crippen molar-refractivity contribution in [1.29, 1.82) is 0 Å². The van der Waals surface area contributed by atoms with E-state index in [0.29, 0.717) is 6.42 Å². The molecule has 12 atom stereocenters. The van der Waals surface area contributed by atoms with Crippen LogP contribution < -0.4 is 0 Å². The quantitative estimate of drug-likeness (QED) is 0.178. The van der Waals surface area contributed by atoms with Crippen molar-refractivity contribution >= 4 is 29.5 Å². The second-order valence-corrected chi connectivity index (χ2v) is 8.98. The van der Waals surface area contributed by atoms with Crippen molar-refractivity contribution in [1.82, 2.24) is 0 Å². The highest BCUT2D eigenvalue weighted by Crippen LogP contribution is 2.35. The molecular weight excluding hydrogens is 543 g/mol. The fraction of sp³-hybridized carbons (Fsp3) is 0.952. The lowest BCUT2D eigenvalue weighted by atomic mass is 9.87. The Morgan fingerprint density at radius 3 is 1.36 bits per heavy atom. The van der Waals surface area contributed by atoms with Crippen molar-refractivity contribution in [2.45, 2.75) is 94.2 Å². The van der Waals surface area contributed by atoms with Crippen LogP contribution in [0.5, 0.6) is 0 Å². The number of alkyl halides is 6. The second-order valence-electron chi connectivity index (χ2n) is 8.98. The highest BCUT2D eigenvalue weighted by atomic mass is 19.3. The molecule has 0 saturated carbocycles. The molecule has 4 N–H and O–H groups in total. The Hall–Kier alpha value is -1.04. The second kappa shape index (κ2) is 16.4. The van der Waals surface area contributed by atoms with Gasteiger partial charge in [0.05, 0.1) is 67.5 Å². The van der Waals surface area contributed by atoms with Crippen LogP contribution in [0.15, 0.2) is 0 Å². The van der Waals surface area contributed by atoms with Crippen LogP contribution in [0, 0.1) is 17.8 Å². The maximum atomic E-state index is 12.7. The molecule has 0 aliphatic carbocycles. The normalized spacial score (nSPS) is 39.9. The van der Waals surface area contributed by atoms with Crippen LogP contribution in [0.2, 0.25) is 0 Å². The van der Waals surface area contributed by atoms with E-state index in [4.69, 9.17) is 62.9 Å². The van der Waals surface area contributed by atoms with Gasteiger partial charge in [0.1, 0.15) is 29.6 Å². The van der Waals surface area contributed by atoms with Crippen LogP contribution >= 0.6 is 0 Å². The molecule has 6 radical (unpaired) electrons. The molecule has 3 rings (SSSR count). The summed E-state index contributed by atoms with van der Waals surface area (Å²) < 4.78 is 93.5. The molecule has 3 aliphatic rings. The van der Waals surface area contributed by atoms with Gasteiger partial charge in [-0.25, -0.2) is 26.3 Å². The van der Waals surface area contributed by atoms with Crippen molar-refractivity contribution in [3.8, 4) is 0 Å². The van der Waals surface area contributed by atoms with E-state index in [1.54, 1.807) is 6.92 Å². The summed E-state index contributed by atoms with van der Waals surface area (Å²) >= 11 is 0. The maximum Gasteiger partial charge on any atom is 0.302 e. The van der Waals surface area contributed by atoms with Gasteiger partial charge in [-0.1, -0.05) is 6.92 Å². The van der Waals surface area contributed by atoms with Crippen LogP contribution in [0.25, 0.3) is 0 Å². The Bertz CT molecular complexity index is 701. The molecule has 0 spiro atoms. The van der Waals surface area contributed by atoms with Gasteiger partial charge in [-0.3, -0.25) is 4.79 Å². The largest absolute Gasteiger partial charge is 0.460 e. The van der Waals surface area contributed by atoms with Gasteiger partial charge < -0.3 is 39.4 Å². The lowest BCUT2D eigenvalue weighted by Gasteiger charge is -2.21. The number of ether oxygens (including phenoxy) is 4. The molecule has 3 aliphatic heterocycles. The highest BCUT2D eigenvalue weighted by Gasteiger charge is 2.48. The van der Waals surface area contributed by atoms with Gasteiger partial charge >= 0.3 is 5.97 Å². The van der Waals surface area contributed by atoms with Crippen molar-refractivity contribution in [3.63, 3.8) is 0 Å². The first-order chi connectivity index (χ1) is 18.1. The van der Waals surface area contributed by atoms with Gasteiger partial charge in [-0.05, 0) is 6.42 Å². The monoisotopic (exact) mass is 574 g/mol. The number of aliphatic hydroxyl groups is 4. The fourth-order valence-corrected chi connectivity index (χ4v) is 4.39. The van der Waals surface area contributed by atoms with E-state index >= 15 is 0 Å². The number of hydrogen-bond donors (Lipinski definition) is 4. The maximum absolute atomic E-state index is 12.7. The Labute approximate surface area is 225 Å². The number of halogens is 6. The summed E-state index contributed by atoms with van der Waals surface area (Å²) in [5.74, 6) is -4.52. The molecule has 18 heteroatoms. The first-order valence-corrected chi connectivity index (χ1v) is 11.9. The third-order valence-corrected chi connectivity index (χ3v) is 6.39. The van der Waals surface area contributed by atoms with E-state index in [1.165, 1.54) is 0 Å². The molecular formula is C21H31B3F6O9. The first kappa shape index (κ1) is 36.0. The number of carbonyl (C=O) groups excluding carboxylic acids is 1. The number of carbonyl (C=O) groups is 1. The van der Waals surface area contributed by atoms with Crippen LogP contribution in [-0.4, -0.2) is 137 Å². The summed E-state index contributed by atoms with van der Waals surface area (Å²) in [4.78, 5) is 10.7. The Balaban J connectivity index is 0.000000295. The van der Waals surface area contributed by atoms with E-state index < -0.39 is 111 Å². The van der Waals surface area contributed by atoms with E-state index in [0.717, 1.165) is 6.92 Å². The molecule has 0 aromatic rings. The van der Waals surface area contributed by atoms with Crippen molar-refractivity contribution in [2.75, 3.05) is 13.2 Å². The predicted molar refractivity (Wildman–Crippen MR) is 124 cm³/mol. The Morgan fingerprint density at radius 1 is 0.744 bits per heavy atom. The predicted octanol–water partition coefficient (Wildman–Crippen LogP) is -0.669. The van der Waals surface area contributed by atoms with Gasteiger partial charge in [0.15, 0.2) is 0 Å². The molecule has 3 saturated heterocycles. The molecule has 0 unspecified atom stereocenters. The average Bonchev–Trinajstić information content (AvgIpc) is 3.44. The summed E-state index contributed by atoms with van der Waals surface area (Å²) in [5, 5.41) is 35.4. The molecule has 0 aromatic carbocycles. The minimum Gasteiger partial charge on any atom is -0.460 e. The summed E-state index contributed by atoms with van der Waals surface area (Å²) in [6.45, 7) is 1.77. The van der Waals surface area contributed by atoms with E-state index in [-0.39, 0.29) is 0 Å². The summed E-state index contributed by atoms with van der Waals surface area (Å²) in [5.41, 5.74) is 0. The third-order valence-electron chi connectivity index (χ3n) is 6.39. The van der Waals surface area contributed by atoms with E-state index in [9.17, 15) is 31.1 Å². The zero-order chi connectivity index (χ0) is 30.2. The van der Waals surface area contributed by atoms with Crippen LogP contribution in [-0.2, 0) is 23.7 Å². The number of hydrogen-bond acceptors (Lipinski definition) is 9. The molecule has 9 nitrogen and oxygen atoms in total. The van der Waals surface area contributed by atoms with E-state index in [2.05, 4.69) is 0 Å². The van der Waals surface area contributed by atoms with Crippen LogP contribution in [0.4, 0.5) is 26.3 Å². The van der Waals surface area contributed by atoms with Crippen LogP contribution in [0.3, 0.4) is 0 Å². The fourth-order valence-electron chi connectivity index (χ4n) is 4.39. The van der Waals surface area contributed by atoms with Crippen LogP contribution in [0.1, 0.15) is 20.3 Å². The lowest BCUT2D eigenvalue weighted by molar-refractivity contribution is -0.151. The summed E-state index contributed by atoms with van der Waals surface area (Å²) in [6, 6.07) is -3.21. The molecule has 3 fully saturated rings. The van der Waals surface area contributed by atoms with Gasteiger partial charge in [-0.15, -0.1) is 0 Å². The third kappa shape index (κ3) is 9.50. The smallest absolute Gasteiger partial charge is 0.302 e. The van der Waals surface area contributed by atoms with Crippen molar-refractivity contribution in [3.05, 3.63) is 0 Å². The van der Waals surface area contributed by atoms with Gasteiger partial charge in [0, 0.05) is 18.9 Å². The van der Waals surface area contributed by atoms with E-state index in [1.807, 2.05) is 0 Å². The zero-order valence-electron chi connectivity index (χ0n) is 21.1. The lowest BCUT2D eigenvalue weighted by Crippen LogP contribution is -2.36. The minimum absolute atomic E-state index is 0.417. The minimum atomic E-state index is -2.73. The van der Waals surface area contributed by atoms with Crippen molar-refractivity contribution in [2.24, 2.45) is 17.8 Å². The summed E-state index contributed by atoms with van der Waals surface area (Å²) in [6.07, 6.45) is -14.3. The molecule has 39 heavy (non-hydrogen) atoms. The van der Waals surface area contributed by atoms with Crippen molar-refractivity contribution < 1.29 is 70.5 Å². The molecule has 3 heterocycles. The first-order valence-electron chi connectivity index (χ1n) is 11.9. The Morgan fingerprint density at radius 2 is 1.10 bits per heavy atom. The number of esters is 1. The zero-order valence-corrected chi connectivity index (χ0v) is 21.1. The molecule has 220 valence electrons. The highest BCUT2D eigenvalue weighted by molar-refractivity contribution is 6.12. The van der Waals surface area contributed by atoms with Gasteiger partial charge in [-0.2, -0.15) is 0 Å². The SMILES string of the molecule is [B][C@@H]1O[C@H](CC)[C@@H](C(F)F)[C@H]1OC(C)=O.[B][C@@H]1O[C@H](CO)[C@@H](C(F)F)[C@H]1O.[B][C@@H]1O[C@H](CO)[C@@H](C(F)F)[C@H]1O. The molecule has 0 amide bonds. The summed E-state index contributed by atoms with van der Waals surface area (Å²) in [7, 11) is 15.8.